The Hall–Kier alpha value is -2.95. The first-order chi connectivity index (χ1) is 14.0. The Labute approximate surface area is 171 Å². The highest BCUT2D eigenvalue weighted by atomic mass is 16.5. The number of amides is 1. The number of rotatable bonds is 4. The second kappa shape index (κ2) is 8.19. The maximum absolute atomic E-state index is 12.9. The standard InChI is InChI=1S/C24H27N3O2/c1-16(2)18-9-11-19(12-10-18)22-25-23(29-26-22)21-8-5-13-27(15-21)24(28)20-7-4-6-17(3)14-20/h4,6-7,9-12,14,16,21H,5,8,13,15H2,1-3H3. The molecular weight excluding hydrogens is 362 g/mol. The van der Waals surface area contributed by atoms with Crippen LogP contribution in [0.25, 0.3) is 11.4 Å². The van der Waals surface area contributed by atoms with Gasteiger partial charge in [-0.15, -0.1) is 0 Å². The summed E-state index contributed by atoms with van der Waals surface area (Å²) in [6.07, 6.45) is 1.88. The molecule has 0 saturated carbocycles. The summed E-state index contributed by atoms with van der Waals surface area (Å²) >= 11 is 0. The largest absolute Gasteiger partial charge is 0.339 e. The van der Waals surface area contributed by atoms with Crippen molar-refractivity contribution in [1.29, 1.82) is 0 Å². The molecule has 0 N–H and O–H groups in total. The van der Waals surface area contributed by atoms with E-state index in [2.05, 4.69) is 36.1 Å². The molecule has 1 aromatic heterocycles. The fraction of sp³-hybridized carbons (Fsp3) is 0.375. The topological polar surface area (TPSA) is 59.2 Å². The highest BCUT2D eigenvalue weighted by molar-refractivity contribution is 5.94. The quantitative estimate of drug-likeness (QED) is 0.616. The van der Waals surface area contributed by atoms with Crippen LogP contribution in [0.3, 0.4) is 0 Å². The van der Waals surface area contributed by atoms with Crippen LogP contribution in [0, 0.1) is 6.92 Å². The lowest BCUT2D eigenvalue weighted by atomic mass is 9.97. The maximum atomic E-state index is 12.9. The van der Waals surface area contributed by atoms with Crippen molar-refractivity contribution in [1.82, 2.24) is 15.0 Å². The van der Waals surface area contributed by atoms with Gasteiger partial charge in [-0.05, 0) is 43.4 Å². The molecule has 0 aliphatic carbocycles. The summed E-state index contributed by atoms with van der Waals surface area (Å²) in [5, 5.41) is 4.19. The zero-order chi connectivity index (χ0) is 20.4. The molecule has 2 heterocycles. The fourth-order valence-corrected chi connectivity index (χ4v) is 3.86. The van der Waals surface area contributed by atoms with Gasteiger partial charge in [-0.25, -0.2) is 0 Å². The monoisotopic (exact) mass is 389 g/mol. The molecule has 1 fully saturated rings. The lowest BCUT2D eigenvalue weighted by Crippen LogP contribution is -2.39. The summed E-state index contributed by atoms with van der Waals surface area (Å²) < 4.78 is 5.59. The van der Waals surface area contributed by atoms with Crippen molar-refractivity contribution in [3.8, 4) is 11.4 Å². The van der Waals surface area contributed by atoms with Gasteiger partial charge in [0.05, 0.1) is 5.92 Å². The van der Waals surface area contributed by atoms with Gasteiger partial charge in [-0.1, -0.05) is 61.0 Å². The minimum absolute atomic E-state index is 0.0717. The van der Waals surface area contributed by atoms with Crippen molar-refractivity contribution in [3.63, 3.8) is 0 Å². The van der Waals surface area contributed by atoms with Gasteiger partial charge in [0.15, 0.2) is 0 Å². The number of piperidine rings is 1. The lowest BCUT2D eigenvalue weighted by Gasteiger charge is -2.31. The lowest BCUT2D eigenvalue weighted by molar-refractivity contribution is 0.0695. The van der Waals surface area contributed by atoms with Crippen LogP contribution in [0.4, 0.5) is 0 Å². The number of carbonyl (C=O) groups is 1. The van der Waals surface area contributed by atoms with Crippen LogP contribution in [0.5, 0.6) is 0 Å². The molecule has 3 aromatic rings. The SMILES string of the molecule is Cc1cccc(C(=O)N2CCCC(c3nc(-c4ccc(C(C)C)cc4)no3)C2)c1. The number of aryl methyl sites for hydroxylation is 1. The minimum atomic E-state index is 0.0717. The van der Waals surface area contributed by atoms with Crippen molar-refractivity contribution in [2.24, 2.45) is 0 Å². The number of aromatic nitrogens is 2. The van der Waals surface area contributed by atoms with E-state index in [1.54, 1.807) is 0 Å². The second-order valence-corrected chi connectivity index (χ2v) is 8.19. The summed E-state index contributed by atoms with van der Waals surface area (Å²) in [6.45, 7) is 7.73. The molecule has 5 heteroatoms. The molecule has 4 rings (SSSR count). The Morgan fingerprint density at radius 1 is 1.17 bits per heavy atom. The zero-order valence-corrected chi connectivity index (χ0v) is 17.3. The number of carbonyl (C=O) groups excluding carboxylic acids is 1. The van der Waals surface area contributed by atoms with Gasteiger partial charge in [0, 0.05) is 24.2 Å². The molecule has 1 amide bonds. The number of benzene rings is 2. The molecule has 0 radical (unpaired) electrons. The normalized spacial score (nSPS) is 17.0. The van der Waals surface area contributed by atoms with E-state index < -0.39 is 0 Å². The van der Waals surface area contributed by atoms with E-state index in [1.165, 1.54) is 5.56 Å². The summed E-state index contributed by atoms with van der Waals surface area (Å²) in [6, 6.07) is 16.1. The number of hydrogen-bond donors (Lipinski definition) is 0. The Bertz CT molecular complexity index is 991. The average molecular weight is 389 g/mol. The van der Waals surface area contributed by atoms with Crippen LogP contribution in [-0.2, 0) is 0 Å². The third-order valence-corrected chi connectivity index (χ3v) is 5.60. The van der Waals surface area contributed by atoms with E-state index in [9.17, 15) is 4.79 Å². The van der Waals surface area contributed by atoms with Crippen LogP contribution in [0.1, 0.15) is 65.9 Å². The highest BCUT2D eigenvalue weighted by Gasteiger charge is 2.29. The molecule has 29 heavy (non-hydrogen) atoms. The predicted octanol–water partition coefficient (Wildman–Crippen LogP) is 5.19. The van der Waals surface area contributed by atoms with Crippen molar-refractivity contribution >= 4 is 5.91 Å². The van der Waals surface area contributed by atoms with Gasteiger partial charge < -0.3 is 9.42 Å². The molecular formula is C24H27N3O2. The van der Waals surface area contributed by atoms with Crippen LogP contribution >= 0.6 is 0 Å². The Kier molecular flexibility index (Phi) is 5.47. The summed E-state index contributed by atoms with van der Waals surface area (Å²) in [7, 11) is 0. The van der Waals surface area contributed by atoms with Crippen molar-refractivity contribution in [2.45, 2.75) is 45.4 Å². The van der Waals surface area contributed by atoms with Crippen LogP contribution in [0.2, 0.25) is 0 Å². The Morgan fingerprint density at radius 2 is 1.97 bits per heavy atom. The van der Waals surface area contributed by atoms with Crippen LogP contribution in [-0.4, -0.2) is 34.0 Å². The van der Waals surface area contributed by atoms with Gasteiger partial charge >= 0.3 is 0 Å². The van der Waals surface area contributed by atoms with Gasteiger partial charge in [0.25, 0.3) is 5.91 Å². The van der Waals surface area contributed by atoms with Gasteiger partial charge in [0.1, 0.15) is 0 Å². The zero-order valence-electron chi connectivity index (χ0n) is 17.3. The average Bonchev–Trinajstić information content (AvgIpc) is 3.24. The van der Waals surface area contributed by atoms with Crippen molar-refractivity contribution in [3.05, 3.63) is 71.1 Å². The Morgan fingerprint density at radius 3 is 2.69 bits per heavy atom. The van der Waals surface area contributed by atoms with Crippen molar-refractivity contribution < 1.29 is 9.32 Å². The fourth-order valence-electron chi connectivity index (χ4n) is 3.86. The summed E-state index contributed by atoms with van der Waals surface area (Å²) in [5.74, 6) is 1.87. The molecule has 0 bridgehead atoms. The van der Waals surface area contributed by atoms with Gasteiger partial charge in [-0.3, -0.25) is 4.79 Å². The molecule has 5 nitrogen and oxygen atoms in total. The second-order valence-electron chi connectivity index (χ2n) is 8.19. The van der Waals surface area contributed by atoms with E-state index in [4.69, 9.17) is 4.52 Å². The molecule has 1 atom stereocenters. The molecule has 1 unspecified atom stereocenters. The predicted molar refractivity (Wildman–Crippen MR) is 113 cm³/mol. The van der Waals surface area contributed by atoms with Gasteiger partial charge in [-0.2, -0.15) is 4.98 Å². The first-order valence-corrected chi connectivity index (χ1v) is 10.3. The molecule has 0 spiro atoms. The third-order valence-electron chi connectivity index (χ3n) is 5.60. The van der Waals surface area contributed by atoms with Crippen LogP contribution in [0.15, 0.2) is 53.1 Å². The van der Waals surface area contributed by atoms with E-state index in [-0.39, 0.29) is 11.8 Å². The Balaban J connectivity index is 1.48. The molecule has 2 aromatic carbocycles. The van der Waals surface area contributed by atoms with Gasteiger partial charge in [0.2, 0.25) is 11.7 Å². The number of likely N-dealkylation sites (tertiary alicyclic amines) is 1. The van der Waals surface area contributed by atoms with Crippen molar-refractivity contribution in [2.75, 3.05) is 13.1 Å². The maximum Gasteiger partial charge on any atom is 0.253 e. The minimum Gasteiger partial charge on any atom is -0.339 e. The summed E-state index contributed by atoms with van der Waals surface area (Å²) in [5.41, 5.74) is 4.07. The van der Waals surface area contributed by atoms with E-state index in [0.717, 1.165) is 36.1 Å². The first kappa shape index (κ1) is 19.4. The molecule has 1 aliphatic rings. The molecule has 1 saturated heterocycles. The first-order valence-electron chi connectivity index (χ1n) is 10.3. The number of nitrogens with zero attached hydrogens (tertiary/aromatic N) is 3. The summed E-state index contributed by atoms with van der Waals surface area (Å²) in [4.78, 5) is 19.5. The van der Waals surface area contributed by atoms with E-state index in [1.807, 2.05) is 48.2 Å². The smallest absolute Gasteiger partial charge is 0.253 e. The van der Waals surface area contributed by atoms with E-state index in [0.29, 0.717) is 24.2 Å². The van der Waals surface area contributed by atoms with Crippen LogP contribution < -0.4 is 0 Å². The van der Waals surface area contributed by atoms with E-state index >= 15 is 0 Å². The third kappa shape index (κ3) is 4.24. The molecule has 1 aliphatic heterocycles. The number of hydrogen-bond acceptors (Lipinski definition) is 4. The highest BCUT2D eigenvalue weighted by Crippen LogP contribution is 2.29. The molecule has 150 valence electrons.